The number of fused-ring (bicyclic) bond motifs is 2. The Bertz CT molecular complexity index is 174. The third kappa shape index (κ3) is 1.60. The van der Waals surface area contributed by atoms with E-state index in [4.69, 9.17) is 0 Å². The van der Waals surface area contributed by atoms with E-state index in [0.29, 0.717) is 0 Å². The summed E-state index contributed by atoms with van der Waals surface area (Å²) in [5.74, 6) is 2.78. The molecule has 3 atom stereocenters. The van der Waals surface area contributed by atoms with Gasteiger partial charge in [-0.05, 0) is 19.3 Å². The summed E-state index contributed by atoms with van der Waals surface area (Å²) < 4.78 is 0. The predicted molar refractivity (Wildman–Crippen MR) is 54.6 cm³/mol. The smallest absolute Gasteiger partial charge is 0.0914 e. The number of allylic oxidation sites excluding steroid dienone is 2. The molecular formula is C11H18B. The maximum absolute atomic E-state index is 2.64. The van der Waals surface area contributed by atoms with Gasteiger partial charge in [0, 0.05) is 0 Å². The summed E-state index contributed by atoms with van der Waals surface area (Å²) in [5, 5.41) is 0. The highest BCUT2D eigenvalue weighted by Crippen LogP contribution is 2.45. The highest BCUT2D eigenvalue weighted by Gasteiger charge is 2.32. The second-order valence-electron chi connectivity index (χ2n) is 4.31. The Balaban J connectivity index is 1.99. The van der Waals surface area contributed by atoms with Crippen molar-refractivity contribution in [1.29, 1.82) is 0 Å². The van der Waals surface area contributed by atoms with Gasteiger partial charge in [-0.2, -0.15) is 0 Å². The first-order valence-corrected chi connectivity index (χ1v) is 5.38. The zero-order valence-electron chi connectivity index (χ0n) is 8.00. The van der Waals surface area contributed by atoms with Crippen molar-refractivity contribution in [2.24, 2.45) is 5.92 Å². The molecule has 0 aliphatic carbocycles. The number of hydrogen-bond donors (Lipinski definition) is 0. The molecule has 0 aromatic heterocycles. The molecule has 2 saturated heterocycles. The van der Waals surface area contributed by atoms with Gasteiger partial charge in [0.2, 0.25) is 0 Å². The van der Waals surface area contributed by atoms with E-state index in [-0.39, 0.29) is 0 Å². The van der Waals surface area contributed by atoms with Gasteiger partial charge in [0.15, 0.2) is 0 Å². The van der Waals surface area contributed by atoms with Gasteiger partial charge in [-0.25, -0.2) is 0 Å². The van der Waals surface area contributed by atoms with Crippen LogP contribution < -0.4 is 0 Å². The first kappa shape index (κ1) is 8.41. The Morgan fingerprint density at radius 1 is 1.17 bits per heavy atom. The maximum Gasteiger partial charge on any atom is 0.118 e. The summed E-state index contributed by atoms with van der Waals surface area (Å²) >= 11 is 0. The maximum atomic E-state index is 2.64. The Morgan fingerprint density at radius 2 is 2.08 bits per heavy atom. The molecule has 65 valence electrons. The minimum atomic E-state index is 0.881. The molecule has 2 aliphatic heterocycles. The van der Waals surface area contributed by atoms with Crippen molar-refractivity contribution in [1.82, 2.24) is 0 Å². The van der Waals surface area contributed by atoms with Crippen molar-refractivity contribution in [3.8, 4) is 0 Å². The van der Waals surface area contributed by atoms with E-state index in [1.807, 2.05) is 0 Å². The molecule has 2 fully saturated rings. The zero-order valence-corrected chi connectivity index (χ0v) is 8.00. The average molecular weight is 161 g/mol. The molecular weight excluding hydrogens is 143 g/mol. The zero-order chi connectivity index (χ0) is 8.39. The van der Waals surface area contributed by atoms with Crippen molar-refractivity contribution in [3.63, 3.8) is 0 Å². The molecule has 2 bridgehead atoms. The summed E-state index contributed by atoms with van der Waals surface area (Å²) in [6.45, 7) is 2.15. The molecule has 0 saturated carbocycles. The van der Waals surface area contributed by atoms with Gasteiger partial charge in [-0.1, -0.05) is 49.5 Å². The molecule has 2 aliphatic rings. The molecule has 0 nitrogen and oxygen atoms in total. The summed E-state index contributed by atoms with van der Waals surface area (Å²) in [7, 11) is 2.64. The lowest BCUT2D eigenvalue weighted by molar-refractivity contribution is 0.391. The van der Waals surface area contributed by atoms with Crippen LogP contribution in [0.3, 0.4) is 0 Å². The quantitative estimate of drug-likeness (QED) is 0.408. The molecule has 1 radical (unpaired) electrons. The predicted octanol–water partition coefficient (Wildman–Crippen LogP) is 3.44. The SMILES string of the molecule is C/C=C/[C@H]1CC[C@@H]2[B][C@@H]1CCC2. The molecule has 0 aromatic carbocycles. The molecule has 0 amide bonds. The van der Waals surface area contributed by atoms with E-state index in [2.05, 4.69) is 26.4 Å². The third-order valence-corrected chi connectivity index (χ3v) is 3.49. The van der Waals surface area contributed by atoms with Gasteiger partial charge in [0.1, 0.15) is 7.28 Å². The largest absolute Gasteiger partial charge is 0.118 e. The molecule has 2 heterocycles. The van der Waals surface area contributed by atoms with Crippen LogP contribution in [0.25, 0.3) is 0 Å². The molecule has 0 spiro atoms. The topological polar surface area (TPSA) is 0 Å². The van der Waals surface area contributed by atoms with Gasteiger partial charge >= 0.3 is 0 Å². The standard InChI is InChI=1S/C11H18B/c1-2-4-9-7-8-10-5-3-6-11(9)12-10/h2,4,9-11H,3,5-8H2,1H3/b4-2+/t9-,10+,11+/m0/s1. The molecule has 0 N–H and O–H groups in total. The lowest BCUT2D eigenvalue weighted by Gasteiger charge is -2.38. The van der Waals surface area contributed by atoms with Gasteiger partial charge in [0.25, 0.3) is 0 Å². The summed E-state index contributed by atoms with van der Waals surface area (Å²) in [6.07, 6.45) is 11.9. The van der Waals surface area contributed by atoms with E-state index < -0.39 is 0 Å². The van der Waals surface area contributed by atoms with E-state index in [9.17, 15) is 0 Å². The lowest BCUT2D eigenvalue weighted by Crippen LogP contribution is -2.27. The van der Waals surface area contributed by atoms with Gasteiger partial charge in [-0.3, -0.25) is 0 Å². The number of rotatable bonds is 1. The first-order chi connectivity index (χ1) is 5.90. The molecule has 0 unspecified atom stereocenters. The van der Waals surface area contributed by atoms with Crippen LogP contribution in [0.1, 0.15) is 39.0 Å². The first-order valence-electron chi connectivity index (χ1n) is 5.38. The lowest BCUT2D eigenvalue weighted by atomic mass is 9.41. The van der Waals surface area contributed by atoms with Crippen LogP contribution in [0.4, 0.5) is 0 Å². The fourth-order valence-electron chi connectivity index (χ4n) is 2.86. The minimum absolute atomic E-state index is 0.881. The van der Waals surface area contributed by atoms with Crippen molar-refractivity contribution < 1.29 is 0 Å². The Labute approximate surface area is 76.7 Å². The molecule has 0 aromatic rings. The fourth-order valence-corrected chi connectivity index (χ4v) is 2.86. The second-order valence-corrected chi connectivity index (χ2v) is 4.31. The van der Waals surface area contributed by atoms with Crippen molar-refractivity contribution in [2.45, 2.75) is 50.7 Å². The monoisotopic (exact) mass is 161 g/mol. The Morgan fingerprint density at radius 3 is 2.92 bits per heavy atom. The Hall–Kier alpha value is -0.195. The van der Waals surface area contributed by atoms with Crippen molar-refractivity contribution in [3.05, 3.63) is 12.2 Å². The summed E-state index contributed by atoms with van der Waals surface area (Å²) in [6, 6.07) is 0. The fraction of sp³-hybridized carbons (Fsp3) is 0.818. The average Bonchev–Trinajstić information content (AvgIpc) is 2.11. The van der Waals surface area contributed by atoms with Crippen molar-refractivity contribution >= 4 is 7.28 Å². The van der Waals surface area contributed by atoms with Crippen LogP contribution in [-0.2, 0) is 0 Å². The molecule has 2 rings (SSSR count). The van der Waals surface area contributed by atoms with Crippen LogP contribution in [0.15, 0.2) is 12.2 Å². The van der Waals surface area contributed by atoms with E-state index in [1.165, 1.54) is 32.1 Å². The van der Waals surface area contributed by atoms with Crippen LogP contribution in [-0.4, -0.2) is 7.28 Å². The van der Waals surface area contributed by atoms with Gasteiger partial charge in [0.05, 0.1) is 0 Å². The summed E-state index contributed by atoms with van der Waals surface area (Å²) in [4.78, 5) is 0. The van der Waals surface area contributed by atoms with Gasteiger partial charge < -0.3 is 0 Å². The van der Waals surface area contributed by atoms with Crippen LogP contribution >= 0.6 is 0 Å². The Kier molecular flexibility index (Phi) is 2.58. The highest BCUT2D eigenvalue weighted by molar-refractivity contribution is 6.40. The molecule has 1 heteroatoms. The van der Waals surface area contributed by atoms with Gasteiger partial charge in [-0.15, -0.1) is 0 Å². The van der Waals surface area contributed by atoms with Crippen LogP contribution in [0.5, 0.6) is 0 Å². The van der Waals surface area contributed by atoms with E-state index in [0.717, 1.165) is 17.6 Å². The van der Waals surface area contributed by atoms with E-state index in [1.54, 1.807) is 0 Å². The number of hydrogen-bond acceptors (Lipinski definition) is 0. The highest BCUT2D eigenvalue weighted by atomic mass is 14.3. The third-order valence-electron chi connectivity index (χ3n) is 3.49. The van der Waals surface area contributed by atoms with Crippen LogP contribution in [0, 0.1) is 5.92 Å². The second kappa shape index (κ2) is 3.68. The van der Waals surface area contributed by atoms with Crippen LogP contribution in [0.2, 0.25) is 11.6 Å². The minimum Gasteiger partial charge on any atom is -0.0914 e. The summed E-state index contributed by atoms with van der Waals surface area (Å²) in [5.41, 5.74) is 0. The van der Waals surface area contributed by atoms with Crippen molar-refractivity contribution in [2.75, 3.05) is 0 Å². The molecule has 12 heavy (non-hydrogen) atoms. The van der Waals surface area contributed by atoms with E-state index >= 15 is 0 Å². The normalized spacial score (nSPS) is 41.2.